The van der Waals surface area contributed by atoms with Crippen LogP contribution in [0.3, 0.4) is 0 Å². The standard InChI is InChI=1S/C11H16FN4O12P3/c12-7-5(2-26-30(22,23)28-31(24,25)27-29(19,20)21)1-6(9(7)17)16-4-15-8-10(16)13-3-14-11(8)18/h3-7,9,17H,1-2H2,(H,22,23)(H,24,25)(H,13,14,18)(H2,19,20,21)/t5-,6-,7+,9+/m1/s1. The van der Waals surface area contributed by atoms with Crippen LogP contribution >= 0.6 is 23.5 Å². The first kappa shape index (κ1) is 24.3. The number of rotatable bonds is 8. The molecule has 174 valence electrons. The van der Waals surface area contributed by atoms with E-state index >= 15 is 0 Å². The first-order valence-corrected chi connectivity index (χ1v) is 12.7. The van der Waals surface area contributed by atoms with Gasteiger partial charge in [-0.25, -0.2) is 28.1 Å². The van der Waals surface area contributed by atoms with Crippen LogP contribution in [0.1, 0.15) is 12.5 Å². The molecule has 2 heterocycles. The van der Waals surface area contributed by atoms with Crippen LogP contribution in [0.2, 0.25) is 0 Å². The largest absolute Gasteiger partial charge is 0.490 e. The number of hydrogen-bond donors (Lipinski definition) is 6. The van der Waals surface area contributed by atoms with Gasteiger partial charge in [0.05, 0.1) is 25.3 Å². The van der Waals surface area contributed by atoms with Gasteiger partial charge in [-0.15, -0.1) is 0 Å². The van der Waals surface area contributed by atoms with Crippen molar-refractivity contribution in [2.75, 3.05) is 6.61 Å². The van der Waals surface area contributed by atoms with Gasteiger partial charge in [0.15, 0.2) is 11.2 Å². The minimum atomic E-state index is -5.71. The number of aliphatic hydroxyl groups excluding tert-OH is 1. The normalized spacial score (nSPS) is 28.5. The fraction of sp³-hybridized carbons (Fsp3) is 0.545. The molecule has 0 amide bonds. The Morgan fingerprint density at radius 2 is 1.84 bits per heavy atom. The Labute approximate surface area is 171 Å². The molecule has 20 heteroatoms. The smallest absolute Gasteiger partial charge is 0.388 e. The highest BCUT2D eigenvalue weighted by Gasteiger charge is 2.46. The number of nitrogens with one attached hydrogen (secondary N) is 1. The molecular formula is C11H16FN4O12P3. The molecule has 31 heavy (non-hydrogen) atoms. The SMILES string of the molecule is O=c1[nH]cnc2c1ncn2[C@@H]1C[C@H](COP(=O)(O)OP(=O)(O)OP(=O)(O)O)[C@H](F)[C@H]1O. The second-order valence-electron chi connectivity index (χ2n) is 6.44. The molecule has 0 saturated heterocycles. The van der Waals surface area contributed by atoms with E-state index in [1.807, 2.05) is 0 Å². The van der Waals surface area contributed by atoms with Crippen molar-refractivity contribution in [2.24, 2.45) is 5.92 Å². The summed E-state index contributed by atoms with van der Waals surface area (Å²) < 4.78 is 61.1. The zero-order valence-electron chi connectivity index (χ0n) is 15.0. The van der Waals surface area contributed by atoms with E-state index < -0.39 is 59.9 Å². The van der Waals surface area contributed by atoms with Crippen LogP contribution in [0.4, 0.5) is 4.39 Å². The molecule has 0 aliphatic heterocycles. The van der Waals surface area contributed by atoms with Gasteiger partial charge in [0.1, 0.15) is 12.3 Å². The van der Waals surface area contributed by atoms with E-state index in [1.165, 1.54) is 4.57 Å². The molecule has 1 fully saturated rings. The lowest BCUT2D eigenvalue weighted by Gasteiger charge is -2.18. The number of aromatic nitrogens is 4. The van der Waals surface area contributed by atoms with Crippen LogP contribution in [-0.4, -0.2) is 63.1 Å². The number of H-pyrrole nitrogens is 1. The van der Waals surface area contributed by atoms with Crippen LogP contribution in [0.25, 0.3) is 11.2 Å². The summed E-state index contributed by atoms with van der Waals surface area (Å²) in [7, 11) is -16.7. The Morgan fingerprint density at radius 3 is 2.48 bits per heavy atom. The highest BCUT2D eigenvalue weighted by atomic mass is 31.3. The number of phosphoric acid groups is 3. The van der Waals surface area contributed by atoms with Gasteiger partial charge in [0.25, 0.3) is 5.56 Å². The molecule has 0 aromatic carbocycles. The third-order valence-electron chi connectivity index (χ3n) is 4.31. The Bertz CT molecular complexity index is 1160. The summed E-state index contributed by atoms with van der Waals surface area (Å²) >= 11 is 0. The fourth-order valence-electron chi connectivity index (χ4n) is 3.11. The summed E-state index contributed by atoms with van der Waals surface area (Å²) in [5, 5.41) is 10.2. The Kier molecular flexibility index (Phi) is 6.69. The molecule has 3 rings (SSSR count). The van der Waals surface area contributed by atoms with Gasteiger partial charge >= 0.3 is 23.5 Å². The molecule has 6 atom stereocenters. The minimum absolute atomic E-state index is 0.0539. The van der Waals surface area contributed by atoms with Gasteiger partial charge in [-0.3, -0.25) is 9.32 Å². The molecule has 1 aliphatic rings. The van der Waals surface area contributed by atoms with Crippen molar-refractivity contribution in [3.05, 3.63) is 23.0 Å². The van der Waals surface area contributed by atoms with E-state index in [0.717, 1.165) is 12.7 Å². The molecule has 6 N–H and O–H groups in total. The maximum atomic E-state index is 14.5. The molecule has 0 spiro atoms. The summed E-state index contributed by atoms with van der Waals surface area (Å²) in [5.74, 6) is -1.22. The zero-order chi connectivity index (χ0) is 23.2. The number of alkyl halides is 1. The lowest BCUT2D eigenvalue weighted by Crippen LogP contribution is -2.27. The molecule has 2 unspecified atom stereocenters. The van der Waals surface area contributed by atoms with Crippen LogP contribution in [-0.2, 0) is 26.8 Å². The van der Waals surface area contributed by atoms with Crippen molar-refractivity contribution in [3.8, 4) is 0 Å². The predicted molar refractivity (Wildman–Crippen MR) is 96.0 cm³/mol. The lowest BCUT2D eigenvalue weighted by molar-refractivity contribution is 0.0495. The monoisotopic (exact) mass is 508 g/mol. The zero-order valence-corrected chi connectivity index (χ0v) is 17.7. The highest BCUT2D eigenvalue weighted by Crippen LogP contribution is 2.66. The summed E-state index contributed by atoms with van der Waals surface area (Å²) in [5.41, 5.74) is -0.549. The summed E-state index contributed by atoms with van der Waals surface area (Å²) in [6.45, 7) is -0.890. The van der Waals surface area contributed by atoms with E-state index in [-0.39, 0.29) is 17.6 Å². The van der Waals surface area contributed by atoms with Crippen molar-refractivity contribution >= 4 is 34.6 Å². The molecule has 0 radical (unpaired) electrons. The quantitative estimate of drug-likeness (QED) is 0.251. The first-order valence-electron chi connectivity index (χ1n) is 8.20. The summed E-state index contributed by atoms with van der Waals surface area (Å²) in [6, 6.07) is -0.983. The lowest BCUT2D eigenvalue weighted by atomic mass is 10.1. The highest BCUT2D eigenvalue weighted by molar-refractivity contribution is 7.66. The van der Waals surface area contributed by atoms with E-state index in [1.54, 1.807) is 0 Å². The average molecular weight is 508 g/mol. The summed E-state index contributed by atoms with van der Waals surface area (Å²) in [4.78, 5) is 57.4. The number of hydrogen-bond acceptors (Lipinski definition) is 10. The number of aromatic amines is 1. The van der Waals surface area contributed by atoms with Crippen LogP contribution in [0.15, 0.2) is 17.4 Å². The van der Waals surface area contributed by atoms with Gasteiger partial charge in [-0.1, -0.05) is 0 Å². The summed E-state index contributed by atoms with van der Waals surface area (Å²) in [6.07, 6.45) is -1.56. The van der Waals surface area contributed by atoms with Crippen LogP contribution in [0.5, 0.6) is 0 Å². The fourth-order valence-corrected chi connectivity index (χ4v) is 6.18. The molecule has 16 nitrogen and oxygen atoms in total. The van der Waals surface area contributed by atoms with Gasteiger partial charge in [0, 0.05) is 5.92 Å². The minimum Gasteiger partial charge on any atom is -0.388 e. The second-order valence-corrected chi connectivity index (χ2v) is 10.9. The Morgan fingerprint density at radius 1 is 1.16 bits per heavy atom. The molecule has 0 bridgehead atoms. The maximum Gasteiger partial charge on any atom is 0.490 e. The Balaban J connectivity index is 1.70. The predicted octanol–water partition coefficient (Wildman–Crippen LogP) is -0.277. The third kappa shape index (κ3) is 5.72. The number of fused-ring (bicyclic) bond motifs is 1. The number of phosphoric ester groups is 1. The van der Waals surface area contributed by atoms with Crippen molar-refractivity contribution in [1.82, 2.24) is 19.5 Å². The van der Waals surface area contributed by atoms with Crippen molar-refractivity contribution in [2.45, 2.75) is 24.7 Å². The number of imidazole rings is 1. The third-order valence-corrected chi connectivity index (χ3v) is 8.11. The van der Waals surface area contributed by atoms with Gasteiger partial charge < -0.3 is 34.2 Å². The van der Waals surface area contributed by atoms with Crippen molar-refractivity contribution in [1.29, 1.82) is 0 Å². The van der Waals surface area contributed by atoms with Gasteiger partial charge in [0.2, 0.25) is 0 Å². The first-order chi connectivity index (χ1) is 14.2. The van der Waals surface area contributed by atoms with E-state index in [2.05, 4.69) is 28.1 Å². The second kappa shape index (κ2) is 8.54. The van der Waals surface area contributed by atoms with Crippen molar-refractivity contribution in [3.63, 3.8) is 0 Å². The molecule has 1 aliphatic carbocycles. The van der Waals surface area contributed by atoms with E-state index in [9.17, 15) is 32.9 Å². The number of aliphatic hydroxyl groups is 1. The Hall–Kier alpha value is -1.35. The van der Waals surface area contributed by atoms with Gasteiger partial charge in [-0.2, -0.15) is 8.62 Å². The maximum absolute atomic E-state index is 14.5. The average Bonchev–Trinajstić information content (AvgIpc) is 3.13. The van der Waals surface area contributed by atoms with Crippen LogP contribution < -0.4 is 5.56 Å². The molecule has 2 aromatic heterocycles. The van der Waals surface area contributed by atoms with Crippen molar-refractivity contribution < 1.29 is 55.9 Å². The van der Waals surface area contributed by atoms with Gasteiger partial charge in [-0.05, 0) is 6.42 Å². The van der Waals surface area contributed by atoms with E-state index in [0.29, 0.717) is 0 Å². The van der Waals surface area contributed by atoms with E-state index in [4.69, 9.17) is 14.7 Å². The molecule has 1 saturated carbocycles. The molecule has 2 aromatic rings. The number of halogens is 1. The number of nitrogens with zero attached hydrogens (tertiary/aromatic N) is 3. The molecular weight excluding hydrogens is 492 g/mol. The van der Waals surface area contributed by atoms with Crippen LogP contribution in [0, 0.1) is 5.92 Å². The topological polar surface area (TPSA) is 244 Å².